The highest BCUT2D eigenvalue weighted by Crippen LogP contribution is 2.27. The summed E-state index contributed by atoms with van der Waals surface area (Å²) in [5, 5.41) is 10.2. The fraction of sp³-hybridized carbons (Fsp3) is 0.250. The van der Waals surface area contributed by atoms with E-state index in [9.17, 15) is 9.18 Å². The number of halogens is 1. The normalized spacial score (nSPS) is 11.9. The van der Waals surface area contributed by atoms with E-state index in [0.717, 1.165) is 5.75 Å². The fourth-order valence-corrected chi connectivity index (χ4v) is 2.41. The van der Waals surface area contributed by atoms with Gasteiger partial charge in [-0.25, -0.2) is 9.02 Å². The van der Waals surface area contributed by atoms with Gasteiger partial charge in [0.05, 0.1) is 6.10 Å². The molecular weight excluding hydrogens is 365 g/mol. The smallest absolute Gasteiger partial charge is 0.266 e. The molecule has 7 nitrogen and oxygen atoms in total. The number of aromatic nitrogens is 2. The van der Waals surface area contributed by atoms with E-state index in [1.165, 1.54) is 24.3 Å². The van der Waals surface area contributed by atoms with E-state index in [1.54, 1.807) is 31.2 Å². The van der Waals surface area contributed by atoms with Crippen LogP contribution in [0.5, 0.6) is 11.5 Å². The third kappa shape index (κ3) is 4.85. The Morgan fingerprint density at radius 1 is 0.964 bits per heavy atom. The third-order valence-corrected chi connectivity index (χ3v) is 3.73. The highest BCUT2D eigenvalue weighted by Gasteiger charge is 2.20. The summed E-state index contributed by atoms with van der Waals surface area (Å²) >= 11 is 0. The second kappa shape index (κ2) is 8.51. The van der Waals surface area contributed by atoms with Gasteiger partial charge in [-0.2, -0.15) is 0 Å². The average Bonchev–Trinajstić information content (AvgIpc) is 3.12. The van der Waals surface area contributed by atoms with E-state index >= 15 is 0 Å². The molecule has 0 unspecified atom stereocenters. The average molecular weight is 385 g/mol. The Balaban J connectivity index is 1.67. The molecule has 0 spiro atoms. The van der Waals surface area contributed by atoms with E-state index in [-0.39, 0.29) is 17.7 Å². The number of ether oxygens (including phenoxy) is 2. The van der Waals surface area contributed by atoms with Crippen LogP contribution in [0, 0.1) is 5.82 Å². The summed E-state index contributed by atoms with van der Waals surface area (Å²) in [5.74, 6) is 0.455. The topological polar surface area (TPSA) is 86.5 Å². The van der Waals surface area contributed by atoms with Crippen molar-refractivity contribution in [3.8, 4) is 22.8 Å². The van der Waals surface area contributed by atoms with E-state index in [2.05, 4.69) is 15.6 Å². The van der Waals surface area contributed by atoms with Crippen molar-refractivity contribution in [2.45, 2.75) is 33.0 Å². The second-order valence-corrected chi connectivity index (χ2v) is 6.36. The summed E-state index contributed by atoms with van der Waals surface area (Å²) in [6, 6.07) is 12.6. The van der Waals surface area contributed by atoms with Crippen LogP contribution in [-0.2, 0) is 4.79 Å². The first-order valence-corrected chi connectivity index (χ1v) is 8.75. The Hall–Kier alpha value is -3.42. The van der Waals surface area contributed by atoms with Gasteiger partial charge in [0.15, 0.2) is 11.8 Å². The van der Waals surface area contributed by atoms with Crippen LogP contribution in [-0.4, -0.2) is 28.4 Å². The summed E-state index contributed by atoms with van der Waals surface area (Å²) in [6.07, 6.45) is -0.770. The molecule has 0 aliphatic heterocycles. The minimum atomic E-state index is -0.836. The van der Waals surface area contributed by atoms with Crippen LogP contribution in [0.3, 0.4) is 0 Å². The molecule has 0 aliphatic rings. The Morgan fingerprint density at radius 3 is 2.21 bits per heavy atom. The van der Waals surface area contributed by atoms with Gasteiger partial charge in [0.2, 0.25) is 5.82 Å². The Labute approximate surface area is 161 Å². The molecule has 0 radical (unpaired) electrons. The number of nitrogens with zero attached hydrogens (tertiary/aromatic N) is 2. The minimum Gasteiger partial charge on any atom is -0.491 e. The highest BCUT2D eigenvalue weighted by molar-refractivity contribution is 5.95. The number of hydrogen-bond acceptors (Lipinski definition) is 6. The Kier molecular flexibility index (Phi) is 5.88. The van der Waals surface area contributed by atoms with Crippen molar-refractivity contribution >= 4 is 11.7 Å². The van der Waals surface area contributed by atoms with Crippen LogP contribution < -0.4 is 14.8 Å². The number of nitrogens with one attached hydrogen (secondary N) is 1. The lowest BCUT2D eigenvalue weighted by Crippen LogP contribution is -2.30. The van der Waals surface area contributed by atoms with E-state index in [4.69, 9.17) is 14.1 Å². The maximum absolute atomic E-state index is 13.0. The second-order valence-electron chi connectivity index (χ2n) is 6.36. The van der Waals surface area contributed by atoms with Gasteiger partial charge in [0, 0.05) is 5.56 Å². The summed E-state index contributed by atoms with van der Waals surface area (Å²) in [6.45, 7) is 5.46. The zero-order chi connectivity index (χ0) is 20.1. The Morgan fingerprint density at radius 2 is 1.57 bits per heavy atom. The zero-order valence-corrected chi connectivity index (χ0v) is 15.7. The number of hydrogen-bond donors (Lipinski definition) is 1. The quantitative estimate of drug-likeness (QED) is 0.660. The van der Waals surface area contributed by atoms with Gasteiger partial charge >= 0.3 is 0 Å². The number of carbonyl (C=O) groups excluding carboxylic acids is 1. The van der Waals surface area contributed by atoms with Crippen molar-refractivity contribution in [3.05, 3.63) is 54.3 Å². The lowest BCUT2D eigenvalue weighted by Gasteiger charge is -2.14. The molecule has 3 rings (SSSR count). The standard InChI is InChI=1S/C20H20FN3O4/c1-12(2)26-16-8-4-14(5-9-16)18-19(24-28-23-18)22-20(25)13(3)27-17-10-6-15(21)7-11-17/h4-13H,1-3H3,(H,22,24,25)/t13-/m1/s1. The van der Waals surface area contributed by atoms with Gasteiger partial charge in [-0.1, -0.05) is 0 Å². The molecule has 1 amide bonds. The molecule has 0 saturated heterocycles. The van der Waals surface area contributed by atoms with Crippen LogP contribution in [0.15, 0.2) is 53.2 Å². The van der Waals surface area contributed by atoms with Gasteiger partial charge in [0.25, 0.3) is 5.91 Å². The zero-order valence-electron chi connectivity index (χ0n) is 15.7. The molecule has 3 aromatic rings. The predicted molar refractivity (Wildman–Crippen MR) is 101 cm³/mol. The van der Waals surface area contributed by atoms with Crippen LogP contribution in [0.25, 0.3) is 11.3 Å². The molecule has 0 bridgehead atoms. The molecular formula is C20H20FN3O4. The van der Waals surface area contributed by atoms with Gasteiger partial charge in [-0.05, 0) is 79.6 Å². The molecule has 1 N–H and O–H groups in total. The van der Waals surface area contributed by atoms with Crippen molar-refractivity contribution < 1.29 is 23.3 Å². The van der Waals surface area contributed by atoms with E-state index in [0.29, 0.717) is 17.0 Å². The number of anilines is 1. The molecule has 146 valence electrons. The largest absolute Gasteiger partial charge is 0.491 e. The third-order valence-electron chi connectivity index (χ3n) is 3.73. The van der Waals surface area contributed by atoms with Crippen molar-refractivity contribution in [3.63, 3.8) is 0 Å². The monoisotopic (exact) mass is 385 g/mol. The van der Waals surface area contributed by atoms with Crippen molar-refractivity contribution in [2.24, 2.45) is 0 Å². The summed E-state index contributed by atoms with van der Waals surface area (Å²) < 4.78 is 28.8. The van der Waals surface area contributed by atoms with Gasteiger partial charge in [0.1, 0.15) is 17.3 Å². The predicted octanol–water partition coefficient (Wildman–Crippen LogP) is 4.07. The Bertz CT molecular complexity index is 923. The molecule has 28 heavy (non-hydrogen) atoms. The molecule has 0 fully saturated rings. The maximum atomic E-state index is 13.0. The van der Waals surface area contributed by atoms with Gasteiger partial charge in [-0.15, -0.1) is 0 Å². The van der Waals surface area contributed by atoms with Crippen LogP contribution in [0.4, 0.5) is 10.2 Å². The lowest BCUT2D eigenvalue weighted by atomic mass is 10.1. The van der Waals surface area contributed by atoms with Crippen LogP contribution in [0.1, 0.15) is 20.8 Å². The lowest BCUT2D eigenvalue weighted by molar-refractivity contribution is -0.122. The number of benzene rings is 2. The molecule has 1 atom stereocenters. The molecule has 2 aromatic carbocycles. The number of amides is 1. The molecule has 0 saturated carbocycles. The first kappa shape index (κ1) is 19.3. The van der Waals surface area contributed by atoms with Crippen molar-refractivity contribution in [2.75, 3.05) is 5.32 Å². The molecule has 1 heterocycles. The van der Waals surface area contributed by atoms with E-state index in [1.807, 2.05) is 13.8 Å². The SMILES string of the molecule is CC(C)Oc1ccc(-c2nonc2NC(=O)[C@@H](C)Oc2ccc(F)cc2)cc1. The van der Waals surface area contributed by atoms with Crippen molar-refractivity contribution in [1.29, 1.82) is 0 Å². The summed E-state index contributed by atoms with van der Waals surface area (Å²) in [4.78, 5) is 12.4. The molecule has 1 aromatic heterocycles. The first-order chi connectivity index (χ1) is 13.4. The highest BCUT2D eigenvalue weighted by atomic mass is 19.1. The summed E-state index contributed by atoms with van der Waals surface area (Å²) in [7, 11) is 0. The van der Waals surface area contributed by atoms with E-state index < -0.39 is 12.0 Å². The maximum Gasteiger partial charge on any atom is 0.266 e. The first-order valence-electron chi connectivity index (χ1n) is 8.75. The van der Waals surface area contributed by atoms with Crippen molar-refractivity contribution in [1.82, 2.24) is 10.3 Å². The van der Waals surface area contributed by atoms with Gasteiger partial charge in [-0.3, -0.25) is 4.79 Å². The molecule has 8 heteroatoms. The van der Waals surface area contributed by atoms with Crippen LogP contribution >= 0.6 is 0 Å². The van der Waals surface area contributed by atoms with Crippen LogP contribution in [0.2, 0.25) is 0 Å². The molecule has 0 aliphatic carbocycles. The minimum absolute atomic E-state index is 0.0667. The number of rotatable bonds is 7. The summed E-state index contributed by atoms with van der Waals surface area (Å²) in [5.41, 5.74) is 1.10. The fourth-order valence-electron chi connectivity index (χ4n) is 2.41. The van der Waals surface area contributed by atoms with Gasteiger partial charge < -0.3 is 14.8 Å². The number of carbonyl (C=O) groups is 1.